The molecular weight excluding hydrogens is 436 g/mol. The Hall–Kier alpha value is -3.59. The summed E-state index contributed by atoms with van der Waals surface area (Å²) in [7, 11) is 1.80. The Morgan fingerprint density at radius 1 is 1.00 bits per heavy atom. The van der Waals surface area contributed by atoms with Crippen LogP contribution in [0.4, 0.5) is 5.69 Å². The lowest BCUT2D eigenvalue weighted by atomic mass is 10.2. The number of hydrogen-bond acceptors (Lipinski definition) is 5. The summed E-state index contributed by atoms with van der Waals surface area (Å²) in [6.07, 6.45) is 0. The van der Waals surface area contributed by atoms with E-state index < -0.39 is 5.25 Å². The maximum absolute atomic E-state index is 13.1. The zero-order chi connectivity index (χ0) is 23.7. The molecule has 8 nitrogen and oxygen atoms in total. The molecule has 0 saturated carbocycles. The third-order valence-corrected chi connectivity index (χ3v) is 6.55. The largest absolute Gasteiger partial charge is 0.319 e. The van der Waals surface area contributed by atoms with E-state index in [9.17, 15) is 9.59 Å². The second-order valence-corrected chi connectivity index (χ2v) is 9.20. The summed E-state index contributed by atoms with van der Waals surface area (Å²) in [6, 6.07) is 17.4. The molecule has 0 fully saturated rings. The zero-order valence-corrected chi connectivity index (χ0v) is 20.1. The van der Waals surface area contributed by atoms with Gasteiger partial charge in [-0.2, -0.15) is 0 Å². The Morgan fingerprint density at radius 2 is 1.70 bits per heavy atom. The van der Waals surface area contributed by atoms with Crippen molar-refractivity contribution >= 4 is 23.4 Å². The van der Waals surface area contributed by atoms with Gasteiger partial charge in [-0.05, 0) is 57.5 Å². The molecule has 2 aromatic heterocycles. The number of para-hydroxylation sites is 1. The van der Waals surface area contributed by atoms with Crippen LogP contribution < -0.4 is 10.9 Å². The van der Waals surface area contributed by atoms with Gasteiger partial charge in [0.1, 0.15) is 11.5 Å². The molecule has 1 atom stereocenters. The van der Waals surface area contributed by atoms with E-state index in [1.54, 1.807) is 23.3 Å². The van der Waals surface area contributed by atoms with Crippen molar-refractivity contribution < 1.29 is 4.79 Å². The molecule has 9 heteroatoms. The van der Waals surface area contributed by atoms with Crippen LogP contribution in [0.2, 0.25) is 0 Å². The van der Waals surface area contributed by atoms with Crippen molar-refractivity contribution in [1.82, 2.24) is 24.1 Å². The highest BCUT2D eigenvalue weighted by Gasteiger charge is 2.24. The molecule has 170 valence electrons. The first-order chi connectivity index (χ1) is 15.8. The molecule has 0 aliphatic carbocycles. The summed E-state index contributed by atoms with van der Waals surface area (Å²) in [5.41, 5.74) is 3.47. The number of rotatable bonds is 6. The summed E-state index contributed by atoms with van der Waals surface area (Å²) >= 11 is 1.30. The van der Waals surface area contributed by atoms with E-state index in [1.807, 2.05) is 79.9 Å². The lowest BCUT2D eigenvalue weighted by Crippen LogP contribution is -2.27. The molecule has 0 bridgehead atoms. The van der Waals surface area contributed by atoms with Crippen LogP contribution in [0.15, 0.2) is 64.5 Å². The zero-order valence-electron chi connectivity index (χ0n) is 19.2. The molecule has 4 aromatic rings. The summed E-state index contributed by atoms with van der Waals surface area (Å²) in [5, 5.41) is 11.4. The number of nitrogens with zero attached hydrogens (tertiary/aromatic N) is 5. The average Bonchev–Trinajstić information content (AvgIpc) is 3.26. The second kappa shape index (κ2) is 9.11. The highest BCUT2D eigenvalue weighted by Crippen LogP contribution is 2.27. The van der Waals surface area contributed by atoms with Gasteiger partial charge >= 0.3 is 0 Å². The second-order valence-electron chi connectivity index (χ2n) is 7.89. The van der Waals surface area contributed by atoms with Gasteiger partial charge in [0.2, 0.25) is 5.91 Å². The van der Waals surface area contributed by atoms with Crippen LogP contribution >= 0.6 is 11.8 Å². The van der Waals surface area contributed by atoms with Crippen molar-refractivity contribution in [2.45, 2.75) is 38.1 Å². The van der Waals surface area contributed by atoms with Crippen LogP contribution in [0.3, 0.4) is 0 Å². The van der Waals surface area contributed by atoms with E-state index in [0.29, 0.717) is 10.9 Å². The third-order valence-electron chi connectivity index (χ3n) is 5.51. The SMILES string of the molecule is Cc1cccc(-n2c(C)nnc2SC(C)C(=O)Nc2c(C)n(C)n(-c3ccccc3)c2=O)c1. The van der Waals surface area contributed by atoms with Crippen molar-refractivity contribution in [1.29, 1.82) is 0 Å². The van der Waals surface area contributed by atoms with E-state index >= 15 is 0 Å². The summed E-state index contributed by atoms with van der Waals surface area (Å²) < 4.78 is 5.21. The predicted molar refractivity (Wildman–Crippen MR) is 131 cm³/mol. The number of aromatic nitrogens is 5. The quantitative estimate of drug-likeness (QED) is 0.441. The molecule has 0 radical (unpaired) electrons. The lowest BCUT2D eigenvalue weighted by molar-refractivity contribution is -0.115. The Balaban J connectivity index is 1.58. The number of hydrogen-bond donors (Lipinski definition) is 1. The van der Waals surface area contributed by atoms with E-state index in [-0.39, 0.29) is 17.2 Å². The Labute approximate surface area is 196 Å². The Bertz CT molecular complexity index is 1370. The normalized spacial score (nSPS) is 12.0. The van der Waals surface area contributed by atoms with Crippen molar-refractivity contribution in [2.24, 2.45) is 7.05 Å². The number of benzene rings is 2. The highest BCUT2D eigenvalue weighted by atomic mass is 32.2. The molecule has 4 rings (SSSR count). The molecule has 1 unspecified atom stereocenters. The van der Waals surface area contributed by atoms with Crippen molar-refractivity contribution in [3.8, 4) is 11.4 Å². The Morgan fingerprint density at radius 3 is 2.39 bits per heavy atom. The minimum absolute atomic E-state index is 0.273. The fourth-order valence-electron chi connectivity index (χ4n) is 3.63. The molecule has 1 N–H and O–H groups in total. The van der Waals surface area contributed by atoms with E-state index in [1.165, 1.54) is 11.8 Å². The average molecular weight is 463 g/mol. The van der Waals surface area contributed by atoms with Gasteiger partial charge in [-0.15, -0.1) is 10.2 Å². The standard InChI is InChI=1S/C24H26N6O2S/c1-15-10-9-13-20(14-15)29-18(4)26-27-24(29)33-17(3)22(31)25-21-16(2)28(5)30(23(21)32)19-11-7-6-8-12-19/h6-14,17H,1-5H3,(H,25,31). The molecule has 2 aromatic carbocycles. The number of nitrogens with one attached hydrogen (secondary N) is 1. The first-order valence-electron chi connectivity index (χ1n) is 10.6. The molecule has 0 spiro atoms. The Kier molecular flexibility index (Phi) is 6.24. The maximum Gasteiger partial charge on any atom is 0.295 e. The fourth-order valence-corrected chi connectivity index (χ4v) is 4.55. The molecule has 0 aliphatic rings. The number of anilines is 1. The number of aryl methyl sites for hydroxylation is 2. The van der Waals surface area contributed by atoms with Crippen LogP contribution in [0.1, 0.15) is 24.0 Å². The van der Waals surface area contributed by atoms with Gasteiger partial charge in [0.05, 0.1) is 16.6 Å². The minimum atomic E-state index is -0.499. The number of carbonyl (C=O) groups excluding carboxylic acids is 1. The fraction of sp³-hybridized carbons (Fsp3) is 0.250. The van der Waals surface area contributed by atoms with E-state index in [2.05, 4.69) is 15.5 Å². The van der Waals surface area contributed by atoms with Gasteiger partial charge in [0, 0.05) is 12.7 Å². The van der Waals surface area contributed by atoms with Gasteiger partial charge in [-0.1, -0.05) is 42.1 Å². The highest BCUT2D eigenvalue weighted by molar-refractivity contribution is 8.00. The lowest BCUT2D eigenvalue weighted by Gasteiger charge is -2.13. The maximum atomic E-state index is 13.1. The van der Waals surface area contributed by atoms with Crippen molar-refractivity contribution in [2.75, 3.05) is 5.32 Å². The summed E-state index contributed by atoms with van der Waals surface area (Å²) in [5.74, 6) is 0.461. The van der Waals surface area contributed by atoms with Gasteiger partial charge in [0.25, 0.3) is 5.56 Å². The van der Waals surface area contributed by atoms with Crippen LogP contribution in [0.25, 0.3) is 11.4 Å². The van der Waals surface area contributed by atoms with Crippen molar-refractivity contribution in [3.63, 3.8) is 0 Å². The number of thioether (sulfide) groups is 1. The smallest absolute Gasteiger partial charge is 0.295 e. The molecule has 2 heterocycles. The predicted octanol–water partition coefficient (Wildman–Crippen LogP) is 3.80. The summed E-state index contributed by atoms with van der Waals surface area (Å²) in [4.78, 5) is 26.1. The molecule has 0 saturated heterocycles. The first-order valence-corrected chi connectivity index (χ1v) is 11.5. The van der Waals surface area contributed by atoms with Gasteiger partial charge < -0.3 is 5.32 Å². The molecule has 33 heavy (non-hydrogen) atoms. The van der Waals surface area contributed by atoms with Crippen LogP contribution in [0, 0.1) is 20.8 Å². The molecule has 0 aliphatic heterocycles. The van der Waals surface area contributed by atoms with Crippen LogP contribution in [-0.2, 0) is 11.8 Å². The van der Waals surface area contributed by atoms with Gasteiger partial charge in [-0.25, -0.2) is 4.68 Å². The van der Waals surface area contributed by atoms with E-state index in [4.69, 9.17) is 0 Å². The molecular formula is C24H26N6O2S. The van der Waals surface area contributed by atoms with Crippen molar-refractivity contribution in [3.05, 3.63) is 82.0 Å². The van der Waals surface area contributed by atoms with E-state index in [0.717, 1.165) is 22.8 Å². The minimum Gasteiger partial charge on any atom is -0.319 e. The van der Waals surface area contributed by atoms with Gasteiger partial charge in [0.15, 0.2) is 5.16 Å². The number of amides is 1. The number of carbonyl (C=O) groups is 1. The van der Waals surface area contributed by atoms with Crippen LogP contribution in [0.5, 0.6) is 0 Å². The van der Waals surface area contributed by atoms with Crippen LogP contribution in [-0.4, -0.2) is 35.3 Å². The topological polar surface area (TPSA) is 86.7 Å². The molecule has 1 amide bonds. The van der Waals surface area contributed by atoms with Gasteiger partial charge in [-0.3, -0.25) is 18.8 Å². The summed E-state index contributed by atoms with van der Waals surface area (Å²) in [6.45, 7) is 7.50. The monoisotopic (exact) mass is 462 g/mol. The third kappa shape index (κ3) is 4.36. The first kappa shape index (κ1) is 22.6.